The van der Waals surface area contributed by atoms with Gasteiger partial charge in [0.1, 0.15) is 5.75 Å². The van der Waals surface area contributed by atoms with Gasteiger partial charge >= 0.3 is 0 Å². The van der Waals surface area contributed by atoms with Crippen molar-refractivity contribution in [3.05, 3.63) is 29.3 Å². The highest BCUT2D eigenvalue weighted by atomic mass is 16.5. The highest BCUT2D eigenvalue weighted by Crippen LogP contribution is 2.25. The number of hydrogen-bond acceptors (Lipinski definition) is 4. The third kappa shape index (κ3) is 2.62. The first kappa shape index (κ1) is 13.2. The van der Waals surface area contributed by atoms with E-state index in [0.29, 0.717) is 12.2 Å². The SMILES string of the molecule is CC(C)(NC(=O)c1ccc2c(c1)CCO2)C(N)=NO. The number of ether oxygens (including phenoxy) is 1. The maximum Gasteiger partial charge on any atom is 0.252 e. The van der Waals surface area contributed by atoms with Crippen LogP contribution in [-0.4, -0.2) is 29.1 Å². The Morgan fingerprint density at radius 1 is 1.53 bits per heavy atom. The lowest BCUT2D eigenvalue weighted by molar-refractivity contribution is 0.0930. The van der Waals surface area contributed by atoms with E-state index >= 15 is 0 Å². The van der Waals surface area contributed by atoms with E-state index < -0.39 is 5.54 Å². The molecule has 0 aromatic heterocycles. The minimum atomic E-state index is -0.915. The van der Waals surface area contributed by atoms with Crippen molar-refractivity contribution in [1.82, 2.24) is 5.32 Å². The summed E-state index contributed by atoms with van der Waals surface area (Å²) in [5.41, 5.74) is 6.17. The molecule has 0 bridgehead atoms. The third-order valence-corrected chi connectivity index (χ3v) is 3.13. The molecule has 1 aromatic carbocycles. The van der Waals surface area contributed by atoms with Crippen LogP contribution in [0.2, 0.25) is 0 Å². The van der Waals surface area contributed by atoms with Crippen LogP contribution in [0.1, 0.15) is 29.8 Å². The van der Waals surface area contributed by atoms with Gasteiger partial charge in [-0.15, -0.1) is 0 Å². The largest absolute Gasteiger partial charge is 0.493 e. The van der Waals surface area contributed by atoms with E-state index in [1.807, 2.05) is 0 Å². The van der Waals surface area contributed by atoms with Gasteiger partial charge in [-0.2, -0.15) is 0 Å². The normalized spacial score (nSPS) is 14.7. The zero-order valence-corrected chi connectivity index (χ0v) is 10.9. The van der Waals surface area contributed by atoms with Crippen LogP contribution < -0.4 is 15.8 Å². The number of rotatable bonds is 3. The Balaban J connectivity index is 2.17. The van der Waals surface area contributed by atoms with Gasteiger partial charge in [0.05, 0.1) is 12.1 Å². The predicted octanol–water partition coefficient (Wildman–Crippen LogP) is 0.876. The Morgan fingerprint density at radius 3 is 2.95 bits per heavy atom. The summed E-state index contributed by atoms with van der Waals surface area (Å²) < 4.78 is 5.39. The van der Waals surface area contributed by atoms with Crippen LogP contribution in [0.4, 0.5) is 0 Å². The molecule has 6 nitrogen and oxygen atoms in total. The second kappa shape index (κ2) is 4.79. The molecule has 0 spiro atoms. The average Bonchev–Trinajstić information content (AvgIpc) is 2.84. The average molecular weight is 263 g/mol. The van der Waals surface area contributed by atoms with Crippen molar-refractivity contribution >= 4 is 11.7 Å². The second-order valence-corrected chi connectivity index (χ2v) is 4.99. The third-order valence-electron chi connectivity index (χ3n) is 3.13. The molecule has 19 heavy (non-hydrogen) atoms. The van der Waals surface area contributed by atoms with Gasteiger partial charge in [-0.3, -0.25) is 4.79 Å². The summed E-state index contributed by atoms with van der Waals surface area (Å²) in [6.07, 6.45) is 0.806. The van der Waals surface area contributed by atoms with E-state index in [0.717, 1.165) is 17.7 Å². The molecular formula is C13H17N3O3. The minimum Gasteiger partial charge on any atom is -0.493 e. The van der Waals surface area contributed by atoms with Crippen molar-refractivity contribution in [3.8, 4) is 5.75 Å². The zero-order valence-electron chi connectivity index (χ0n) is 10.9. The first-order valence-electron chi connectivity index (χ1n) is 6.00. The first-order valence-corrected chi connectivity index (χ1v) is 6.00. The number of nitrogens with one attached hydrogen (secondary N) is 1. The summed E-state index contributed by atoms with van der Waals surface area (Å²) in [6, 6.07) is 5.29. The first-order chi connectivity index (χ1) is 8.94. The number of carbonyl (C=O) groups is 1. The molecule has 1 aliphatic heterocycles. The summed E-state index contributed by atoms with van der Waals surface area (Å²) in [5, 5.41) is 14.3. The van der Waals surface area contributed by atoms with E-state index in [2.05, 4.69) is 10.5 Å². The molecule has 0 unspecified atom stereocenters. The number of amides is 1. The Labute approximate surface area is 111 Å². The lowest BCUT2D eigenvalue weighted by Crippen LogP contribution is -2.53. The molecule has 4 N–H and O–H groups in total. The molecule has 0 fully saturated rings. The molecule has 1 amide bonds. The van der Waals surface area contributed by atoms with Crippen LogP contribution in [0, 0.1) is 0 Å². The molecule has 1 aliphatic rings. The van der Waals surface area contributed by atoms with Crippen LogP contribution in [-0.2, 0) is 6.42 Å². The summed E-state index contributed by atoms with van der Waals surface area (Å²) >= 11 is 0. The van der Waals surface area contributed by atoms with Gasteiger partial charge < -0.3 is 21.0 Å². The van der Waals surface area contributed by atoms with Gasteiger partial charge in [-0.25, -0.2) is 0 Å². The van der Waals surface area contributed by atoms with E-state index in [1.54, 1.807) is 32.0 Å². The molecule has 1 aromatic rings. The molecule has 2 rings (SSSR count). The number of oxime groups is 1. The Kier molecular flexibility index (Phi) is 3.33. The molecule has 0 radical (unpaired) electrons. The zero-order chi connectivity index (χ0) is 14.0. The standard InChI is InChI=1S/C13H17N3O3/c1-13(2,12(14)16-18)15-11(17)9-3-4-10-8(7-9)5-6-19-10/h3-4,7,18H,5-6H2,1-2H3,(H2,14,16)(H,15,17). The highest BCUT2D eigenvalue weighted by Gasteiger charge is 2.26. The van der Waals surface area contributed by atoms with Gasteiger partial charge in [0, 0.05) is 12.0 Å². The molecular weight excluding hydrogens is 246 g/mol. The highest BCUT2D eigenvalue weighted by molar-refractivity contribution is 6.00. The Bertz CT molecular complexity index is 538. The van der Waals surface area contributed by atoms with Crippen LogP contribution in [0.3, 0.4) is 0 Å². The predicted molar refractivity (Wildman–Crippen MR) is 70.6 cm³/mol. The van der Waals surface area contributed by atoms with Gasteiger partial charge in [0.25, 0.3) is 5.91 Å². The van der Waals surface area contributed by atoms with Crippen LogP contribution >= 0.6 is 0 Å². The summed E-state index contributed by atoms with van der Waals surface area (Å²) in [4.78, 5) is 12.1. The van der Waals surface area contributed by atoms with Crippen molar-refractivity contribution in [2.24, 2.45) is 10.9 Å². The van der Waals surface area contributed by atoms with Gasteiger partial charge in [-0.1, -0.05) is 5.16 Å². The quantitative estimate of drug-likeness (QED) is 0.326. The van der Waals surface area contributed by atoms with Crippen LogP contribution in [0.15, 0.2) is 23.4 Å². The fourth-order valence-corrected chi connectivity index (χ4v) is 1.87. The molecule has 0 saturated heterocycles. The molecule has 102 valence electrons. The molecule has 1 heterocycles. The fraction of sp³-hybridized carbons (Fsp3) is 0.385. The smallest absolute Gasteiger partial charge is 0.252 e. The van der Waals surface area contributed by atoms with E-state index in [9.17, 15) is 4.79 Å². The monoisotopic (exact) mass is 263 g/mol. The van der Waals surface area contributed by atoms with Crippen molar-refractivity contribution in [2.45, 2.75) is 25.8 Å². The number of hydrogen-bond donors (Lipinski definition) is 3. The Hall–Kier alpha value is -2.24. The minimum absolute atomic E-state index is 0.0506. The molecule has 0 aliphatic carbocycles. The number of amidine groups is 1. The second-order valence-electron chi connectivity index (χ2n) is 4.99. The number of carbonyl (C=O) groups excluding carboxylic acids is 1. The number of fused-ring (bicyclic) bond motifs is 1. The van der Waals surface area contributed by atoms with Crippen molar-refractivity contribution in [2.75, 3.05) is 6.61 Å². The topological polar surface area (TPSA) is 96.9 Å². The molecule has 0 atom stereocenters. The lowest BCUT2D eigenvalue weighted by Gasteiger charge is -2.24. The molecule has 6 heteroatoms. The Morgan fingerprint density at radius 2 is 2.26 bits per heavy atom. The van der Waals surface area contributed by atoms with Crippen LogP contribution in [0.25, 0.3) is 0 Å². The van der Waals surface area contributed by atoms with Crippen molar-refractivity contribution in [3.63, 3.8) is 0 Å². The van der Waals surface area contributed by atoms with E-state index in [4.69, 9.17) is 15.7 Å². The summed E-state index contributed by atoms with van der Waals surface area (Å²) in [6.45, 7) is 3.98. The van der Waals surface area contributed by atoms with Crippen molar-refractivity contribution < 1.29 is 14.7 Å². The summed E-state index contributed by atoms with van der Waals surface area (Å²) in [7, 11) is 0. The van der Waals surface area contributed by atoms with Gasteiger partial charge in [0.15, 0.2) is 5.84 Å². The maximum atomic E-state index is 12.1. The number of nitrogens with zero attached hydrogens (tertiary/aromatic N) is 1. The summed E-state index contributed by atoms with van der Waals surface area (Å²) in [5.74, 6) is 0.504. The van der Waals surface area contributed by atoms with Gasteiger partial charge in [-0.05, 0) is 37.6 Å². The lowest BCUT2D eigenvalue weighted by atomic mass is 10.0. The number of benzene rings is 1. The fourth-order valence-electron chi connectivity index (χ4n) is 1.87. The van der Waals surface area contributed by atoms with E-state index in [1.165, 1.54) is 0 Å². The molecule has 0 saturated carbocycles. The number of nitrogens with two attached hydrogens (primary N) is 1. The maximum absolute atomic E-state index is 12.1. The van der Waals surface area contributed by atoms with Gasteiger partial charge in [0.2, 0.25) is 0 Å². The van der Waals surface area contributed by atoms with E-state index in [-0.39, 0.29) is 11.7 Å². The van der Waals surface area contributed by atoms with Crippen LogP contribution in [0.5, 0.6) is 5.75 Å². The van der Waals surface area contributed by atoms with Crippen molar-refractivity contribution in [1.29, 1.82) is 0 Å².